The Morgan fingerprint density at radius 1 is 0.282 bits per heavy atom. The number of terminal acetylenes is 2. The van der Waals surface area contributed by atoms with E-state index in [-0.39, 0.29) is 11.5 Å². The molecule has 0 fully saturated rings. The molecule has 124 heavy (non-hydrogen) atoms. The Kier molecular flexibility index (Phi) is 57.0. The van der Waals surface area contributed by atoms with Crippen LogP contribution >= 0.6 is 9.53 Å². The number of ether oxygens (including phenoxy) is 4. The standard InChI is InChI=1S/C116H100N2O4.ClH.Re/c1-7-12-16-20-24-28-32-36-40-44-48-52-56-60-64-68-91-119-113-96-108(114(95-101(113)6)120-92-69-65-61-57-53-49-45-41-37-33-29-25-21-17-13-8-2)87-78-104-80-89-111(117-99-104)112-90-81-105(100-118-112)79-88-110-98-115(121-93-70-66-62-58-54-50-46-42-38-34-30-26-22-18-14-9-3)109(86-77-103-75-84-107(85-76-103)106-82-73-102(72-11-5)74-83-106)97-116(110)122-94-71-67-63-59-55-51-47-43-39-35-31-27-23-19-15-10-4;;/h3-4,73-76,80-85,89-90,95-100H,7-8,12-13,16-17,20-21,24-25,28-29,32-33,36-37,40-41,44-45,48-49,52-53,56-57,60-61,64-65,68-69,91-92H2,1-2,5-6H3;1H;/q;;+1/p-1. The van der Waals surface area contributed by atoms with Crippen LogP contribution in [-0.2, 0) is 18.2 Å². The van der Waals surface area contributed by atoms with E-state index >= 15 is 0 Å². The molecule has 612 valence electrons. The van der Waals surface area contributed by atoms with E-state index in [1.807, 2.05) is 79.7 Å². The van der Waals surface area contributed by atoms with Crippen LogP contribution in [0.3, 0.4) is 0 Å². The Morgan fingerprint density at radius 2 is 0.540 bits per heavy atom. The maximum atomic E-state index is 6.55. The van der Waals surface area contributed by atoms with Crippen LogP contribution in [0.15, 0.2) is 109 Å². The molecule has 0 amide bonds. The second kappa shape index (κ2) is 70.5. The summed E-state index contributed by atoms with van der Waals surface area (Å²) >= 11 is 1.19. The minimum atomic E-state index is 0.240. The van der Waals surface area contributed by atoms with E-state index in [0.29, 0.717) is 41.3 Å². The SMILES string of the molecule is C#CC#CC#CC#CC#CC#CC#CC#CC#COc1cc(C#Cc2ccc(-c3ccc(C#Cc4cc(OCCCCCCCCCCCCCCCCCC)c(C)cc4OCCCCCCCCCCCCCCCCCC)cn3)nc2)c(OC#CC#CC#CC#CC#CC#CC#CC#CC#C)cc1C#Cc1ccc(-c2ccc(C#CC)cc2)cc1.[Cl][Re]. The first-order chi connectivity index (χ1) is 61.4. The Hall–Kier alpha value is -14.3. The van der Waals surface area contributed by atoms with Gasteiger partial charge in [-0.05, 0) is 199 Å². The van der Waals surface area contributed by atoms with Crippen molar-refractivity contribution >= 4 is 9.53 Å². The van der Waals surface area contributed by atoms with E-state index in [1.165, 1.54) is 198 Å². The number of nitrogens with zero attached hydrogens (tertiary/aromatic N) is 2. The molecule has 0 aliphatic carbocycles. The summed E-state index contributed by atoms with van der Waals surface area (Å²) in [5.74, 6) is 109. The van der Waals surface area contributed by atoms with E-state index in [9.17, 15) is 0 Å². The van der Waals surface area contributed by atoms with Crippen molar-refractivity contribution < 1.29 is 37.1 Å². The molecule has 0 saturated heterocycles. The monoisotopic (exact) mass is 1810 g/mol. The molecule has 4 aromatic carbocycles. The van der Waals surface area contributed by atoms with Gasteiger partial charge in [0.05, 0.1) is 41.3 Å². The molecule has 0 atom stereocenters. The van der Waals surface area contributed by atoms with Gasteiger partial charge in [0, 0.05) is 142 Å². The fraction of sp³-hybridized carbons (Fsp3) is 0.328. The van der Waals surface area contributed by atoms with Crippen LogP contribution in [0.4, 0.5) is 0 Å². The summed E-state index contributed by atoms with van der Waals surface area (Å²) in [6, 6.07) is 31.0. The number of rotatable bonds is 40. The van der Waals surface area contributed by atoms with Crippen LogP contribution in [0.1, 0.15) is 271 Å². The van der Waals surface area contributed by atoms with Crippen molar-refractivity contribution in [1.82, 2.24) is 9.97 Å². The Balaban J connectivity index is 0.0000135. The number of aromatic nitrogens is 2. The summed E-state index contributed by atoms with van der Waals surface area (Å²) in [5.41, 5.74) is 8.91. The molecule has 6 nitrogen and oxygen atoms in total. The third kappa shape index (κ3) is 48.0. The zero-order valence-electron chi connectivity index (χ0n) is 71.9. The van der Waals surface area contributed by atoms with Crippen LogP contribution < -0.4 is 18.9 Å². The Labute approximate surface area is 758 Å². The summed E-state index contributed by atoms with van der Waals surface area (Å²) in [5, 5.41) is 0. The fourth-order valence-corrected chi connectivity index (χ4v) is 12.0. The molecule has 0 bridgehead atoms. The Morgan fingerprint density at radius 3 is 0.839 bits per heavy atom. The number of aryl methyl sites for hydroxylation is 1. The van der Waals surface area contributed by atoms with Crippen molar-refractivity contribution in [2.24, 2.45) is 0 Å². The molecule has 0 aliphatic rings. The summed E-state index contributed by atoms with van der Waals surface area (Å²) in [6.45, 7) is 9.77. The summed E-state index contributed by atoms with van der Waals surface area (Å²) in [6.07, 6.45) is 61.2. The van der Waals surface area contributed by atoms with Gasteiger partial charge in [0.25, 0.3) is 0 Å². The summed E-state index contributed by atoms with van der Waals surface area (Å²) < 4.78 is 25.2. The molecule has 0 radical (unpaired) electrons. The topological polar surface area (TPSA) is 62.7 Å². The number of hydrogen-bond donors (Lipinski definition) is 0. The molecule has 0 N–H and O–H groups in total. The van der Waals surface area contributed by atoms with Crippen molar-refractivity contribution in [2.75, 3.05) is 13.2 Å². The first-order valence-corrected chi connectivity index (χ1v) is 45.9. The molecule has 0 spiro atoms. The van der Waals surface area contributed by atoms with Gasteiger partial charge in [-0.3, -0.25) is 9.97 Å². The van der Waals surface area contributed by atoms with Crippen LogP contribution in [0.2, 0.25) is 0 Å². The van der Waals surface area contributed by atoms with Crippen molar-refractivity contribution in [2.45, 2.75) is 233 Å². The van der Waals surface area contributed by atoms with Crippen LogP contribution in [-0.4, -0.2) is 23.2 Å². The van der Waals surface area contributed by atoms with E-state index in [4.69, 9.17) is 51.3 Å². The first kappa shape index (κ1) is 100. The van der Waals surface area contributed by atoms with Gasteiger partial charge in [0.2, 0.25) is 0 Å². The minimum absolute atomic E-state index is 0.240. The van der Waals surface area contributed by atoms with Gasteiger partial charge in [-0.15, -0.1) is 18.8 Å². The summed E-state index contributed by atoms with van der Waals surface area (Å²) in [4.78, 5) is 9.60. The quantitative estimate of drug-likeness (QED) is 0.0282. The molecule has 0 saturated carbocycles. The van der Waals surface area contributed by atoms with Gasteiger partial charge in [0.1, 0.15) is 23.7 Å². The molecular weight excluding hydrogens is 1710 g/mol. The number of unbranched alkanes of at least 4 members (excludes halogenated alkanes) is 30. The molecule has 8 heteroatoms. The van der Waals surface area contributed by atoms with Gasteiger partial charge in [-0.25, -0.2) is 0 Å². The molecular formula is C116H100ClN2O4Re. The Bertz CT molecular complexity index is 5940. The van der Waals surface area contributed by atoms with Crippen LogP contribution in [0, 0.1) is 269 Å². The number of halogens is 1. The normalized spacial score (nSPS) is 8.68. The van der Waals surface area contributed by atoms with Gasteiger partial charge < -0.3 is 18.9 Å². The van der Waals surface area contributed by atoms with Crippen molar-refractivity contribution in [1.29, 1.82) is 0 Å². The molecule has 6 aromatic rings. The average molecular weight is 1810 g/mol. The number of benzene rings is 4. The molecule has 0 aliphatic heterocycles. The summed E-state index contributed by atoms with van der Waals surface area (Å²) in [7, 11) is 4.69. The third-order valence-corrected chi connectivity index (χ3v) is 18.4. The van der Waals surface area contributed by atoms with Crippen molar-refractivity contribution in [3.05, 3.63) is 154 Å². The van der Waals surface area contributed by atoms with Gasteiger partial charge in [-0.2, -0.15) is 0 Å². The maximum absolute atomic E-state index is 6.55. The first-order valence-electron chi connectivity index (χ1n) is 42.5. The molecule has 2 heterocycles. The van der Waals surface area contributed by atoms with Gasteiger partial charge in [-0.1, -0.05) is 272 Å². The zero-order valence-corrected chi connectivity index (χ0v) is 75.3. The molecule has 6 rings (SSSR count). The third-order valence-electron chi connectivity index (χ3n) is 18.4. The molecule has 2 aromatic heterocycles. The predicted octanol–water partition coefficient (Wildman–Crippen LogP) is 22.7. The van der Waals surface area contributed by atoms with Gasteiger partial charge >= 0.3 is 27.7 Å². The zero-order chi connectivity index (χ0) is 87.9. The van der Waals surface area contributed by atoms with Crippen LogP contribution in [0.25, 0.3) is 22.5 Å². The number of pyridine rings is 2. The van der Waals surface area contributed by atoms with Crippen molar-refractivity contribution in [3.8, 4) is 307 Å². The van der Waals surface area contributed by atoms with Crippen LogP contribution in [0.5, 0.6) is 23.0 Å². The predicted molar refractivity (Wildman–Crippen MR) is 507 cm³/mol. The van der Waals surface area contributed by atoms with E-state index in [2.05, 4.69) is 282 Å². The van der Waals surface area contributed by atoms with E-state index < -0.39 is 0 Å². The van der Waals surface area contributed by atoms with Crippen molar-refractivity contribution in [3.63, 3.8) is 0 Å². The number of hydrogen-bond acceptors (Lipinski definition) is 6. The van der Waals surface area contributed by atoms with E-state index in [1.54, 1.807) is 24.5 Å². The van der Waals surface area contributed by atoms with Gasteiger partial charge in [0.15, 0.2) is 11.5 Å². The van der Waals surface area contributed by atoms with E-state index in [0.717, 1.165) is 76.1 Å². The second-order valence-electron chi connectivity index (χ2n) is 27.9. The average Bonchev–Trinajstić information content (AvgIpc) is 0.817. The molecule has 0 unspecified atom stereocenters. The second-order valence-corrected chi connectivity index (χ2v) is 27.9. The fourth-order valence-electron chi connectivity index (χ4n) is 12.0.